The third kappa shape index (κ3) is 3.70. The number of fused-ring (bicyclic) bond motifs is 1. The van der Waals surface area contributed by atoms with E-state index in [1.165, 1.54) is 0 Å². The highest BCUT2D eigenvalue weighted by Gasteiger charge is 2.49. The van der Waals surface area contributed by atoms with E-state index in [0.29, 0.717) is 18.2 Å². The first kappa shape index (κ1) is 20.1. The Labute approximate surface area is 165 Å². The van der Waals surface area contributed by atoms with Crippen LogP contribution in [-0.4, -0.2) is 35.3 Å². The molecule has 0 radical (unpaired) electrons. The number of halogens is 6. The molecule has 4 heterocycles. The van der Waals surface area contributed by atoms with Crippen molar-refractivity contribution in [1.82, 2.24) is 15.3 Å². The van der Waals surface area contributed by atoms with E-state index >= 15 is 0 Å². The number of carbonyl (C=O) groups is 1. The van der Waals surface area contributed by atoms with Crippen LogP contribution in [0.25, 0.3) is 16.8 Å². The van der Waals surface area contributed by atoms with Gasteiger partial charge in [0.2, 0.25) is 6.10 Å². The maximum Gasteiger partial charge on any atom is 0.430 e. The van der Waals surface area contributed by atoms with E-state index in [4.69, 9.17) is 0 Å². The molecule has 0 aromatic carbocycles. The molecule has 0 saturated carbocycles. The number of cyclic esters (lactones) is 1. The zero-order valence-electron chi connectivity index (χ0n) is 14.9. The second kappa shape index (κ2) is 6.97. The van der Waals surface area contributed by atoms with Crippen molar-refractivity contribution < 1.29 is 35.9 Å². The summed E-state index contributed by atoms with van der Waals surface area (Å²) in [6, 6.07) is 2.60. The summed E-state index contributed by atoms with van der Waals surface area (Å²) in [7, 11) is 0. The van der Waals surface area contributed by atoms with Crippen molar-refractivity contribution in [3.63, 3.8) is 0 Å². The van der Waals surface area contributed by atoms with Crippen LogP contribution in [-0.2, 0) is 10.9 Å². The Bertz CT molecular complexity index is 1050. The average Bonchev–Trinajstić information content (AvgIpc) is 3.20. The summed E-state index contributed by atoms with van der Waals surface area (Å²) in [5.74, 6) is -0.450. The van der Waals surface area contributed by atoms with Gasteiger partial charge in [0.25, 0.3) is 0 Å². The van der Waals surface area contributed by atoms with E-state index < -0.39 is 41.5 Å². The highest BCUT2D eigenvalue weighted by Crippen LogP contribution is 2.46. The molecular formula is C18H12F6N4O2. The summed E-state index contributed by atoms with van der Waals surface area (Å²) < 4.78 is 85.4. The van der Waals surface area contributed by atoms with Crippen LogP contribution in [0.15, 0.2) is 30.5 Å². The summed E-state index contributed by atoms with van der Waals surface area (Å²) in [6.07, 6.45) is -11.1. The zero-order valence-corrected chi connectivity index (χ0v) is 14.9. The summed E-state index contributed by atoms with van der Waals surface area (Å²) in [5, 5.41) is 4.97. The third-order valence-corrected chi connectivity index (χ3v) is 4.56. The minimum Gasteiger partial charge on any atom is -0.431 e. The number of carbonyl (C=O) groups excluding carboxylic acids is 1. The molecule has 2 aromatic rings. The van der Waals surface area contributed by atoms with Gasteiger partial charge in [-0.3, -0.25) is 5.32 Å². The number of anilines is 1. The van der Waals surface area contributed by atoms with Gasteiger partial charge >= 0.3 is 18.4 Å². The van der Waals surface area contributed by atoms with Crippen LogP contribution in [0.4, 0.5) is 37.0 Å². The van der Waals surface area contributed by atoms with Crippen molar-refractivity contribution in [2.75, 3.05) is 18.4 Å². The average molecular weight is 430 g/mol. The number of alkyl halides is 6. The highest BCUT2D eigenvalue weighted by atomic mass is 19.4. The van der Waals surface area contributed by atoms with Gasteiger partial charge in [-0.15, -0.1) is 0 Å². The van der Waals surface area contributed by atoms with Crippen LogP contribution in [0.3, 0.4) is 0 Å². The molecule has 2 aliphatic rings. The number of aromatic nitrogens is 2. The lowest BCUT2D eigenvalue weighted by molar-refractivity contribution is -0.206. The van der Waals surface area contributed by atoms with Gasteiger partial charge in [0, 0.05) is 24.8 Å². The monoisotopic (exact) mass is 430 g/mol. The highest BCUT2D eigenvalue weighted by molar-refractivity contribution is 5.89. The number of pyridine rings is 2. The summed E-state index contributed by atoms with van der Waals surface area (Å²) in [4.78, 5) is 19.4. The number of ether oxygens (including phenoxy) is 1. The number of hydrogen-bond donors (Lipinski definition) is 2. The van der Waals surface area contributed by atoms with Gasteiger partial charge in [-0.25, -0.2) is 14.8 Å². The molecule has 2 aromatic heterocycles. The molecule has 0 saturated heterocycles. The molecule has 0 fully saturated rings. The molecule has 1 amide bonds. The van der Waals surface area contributed by atoms with Crippen LogP contribution < -0.4 is 10.6 Å². The van der Waals surface area contributed by atoms with E-state index in [0.717, 1.165) is 18.3 Å². The van der Waals surface area contributed by atoms with E-state index in [-0.39, 0.29) is 23.5 Å². The Morgan fingerprint density at radius 1 is 1.10 bits per heavy atom. The molecule has 4 rings (SSSR count). The number of hydrogen-bond acceptors (Lipinski definition) is 5. The quantitative estimate of drug-likeness (QED) is 0.695. The fourth-order valence-corrected chi connectivity index (χ4v) is 3.25. The topological polar surface area (TPSA) is 76.1 Å². The first-order chi connectivity index (χ1) is 14.0. The standard InChI is InChI=1S/C18H12F6N4O2/c19-17(20,21)9-5-11(8-1-3-25-7-8)27-12(6-9)10-2-4-26-15-13(10)14(18(22,23)24)30-16(29)28-15/h1-2,4-6,14,25H,3,7H2,(H,26,28,29)/t14-/m1/s1. The molecule has 158 valence electrons. The molecule has 0 aliphatic carbocycles. The van der Waals surface area contributed by atoms with Crippen molar-refractivity contribution in [1.29, 1.82) is 0 Å². The van der Waals surface area contributed by atoms with E-state index in [2.05, 4.69) is 20.0 Å². The van der Waals surface area contributed by atoms with Gasteiger partial charge in [-0.05, 0) is 23.8 Å². The van der Waals surface area contributed by atoms with E-state index in [1.54, 1.807) is 6.08 Å². The summed E-state index contributed by atoms with van der Waals surface area (Å²) >= 11 is 0. The molecule has 30 heavy (non-hydrogen) atoms. The molecule has 0 spiro atoms. The van der Waals surface area contributed by atoms with Crippen LogP contribution in [0.2, 0.25) is 0 Å². The minimum atomic E-state index is -5.01. The Hall–Kier alpha value is -3.15. The maximum absolute atomic E-state index is 13.5. The number of rotatable bonds is 2. The number of nitrogens with zero attached hydrogens (tertiary/aromatic N) is 2. The van der Waals surface area contributed by atoms with Crippen molar-refractivity contribution in [3.8, 4) is 11.3 Å². The molecular weight excluding hydrogens is 418 g/mol. The second-order valence-corrected chi connectivity index (χ2v) is 6.56. The Morgan fingerprint density at radius 2 is 1.83 bits per heavy atom. The van der Waals surface area contributed by atoms with Crippen molar-refractivity contribution >= 4 is 17.5 Å². The van der Waals surface area contributed by atoms with Crippen molar-refractivity contribution in [3.05, 3.63) is 47.3 Å². The van der Waals surface area contributed by atoms with Crippen LogP contribution in [0, 0.1) is 0 Å². The first-order valence-electron chi connectivity index (χ1n) is 8.57. The van der Waals surface area contributed by atoms with Crippen LogP contribution in [0.1, 0.15) is 22.9 Å². The Morgan fingerprint density at radius 3 is 2.47 bits per heavy atom. The molecule has 0 unspecified atom stereocenters. The van der Waals surface area contributed by atoms with Gasteiger partial charge in [-0.1, -0.05) is 6.08 Å². The fraction of sp³-hybridized carbons (Fsp3) is 0.278. The first-order valence-corrected chi connectivity index (χ1v) is 8.57. The second-order valence-electron chi connectivity index (χ2n) is 6.56. The third-order valence-electron chi connectivity index (χ3n) is 4.56. The number of nitrogens with one attached hydrogen (secondary N) is 2. The smallest absolute Gasteiger partial charge is 0.430 e. The predicted molar refractivity (Wildman–Crippen MR) is 92.2 cm³/mol. The van der Waals surface area contributed by atoms with Crippen LogP contribution in [0.5, 0.6) is 0 Å². The molecule has 0 bridgehead atoms. The lowest BCUT2D eigenvalue weighted by Crippen LogP contribution is -2.34. The molecule has 6 nitrogen and oxygen atoms in total. The molecule has 2 N–H and O–H groups in total. The zero-order chi connectivity index (χ0) is 21.7. The van der Waals surface area contributed by atoms with Crippen molar-refractivity contribution in [2.45, 2.75) is 18.5 Å². The Kier molecular flexibility index (Phi) is 4.68. The largest absolute Gasteiger partial charge is 0.431 e. The summed E-state index contributed by atoms with van der Waals surface area (Å²) in [5.41, 5.74) is -1.82. The van der Waals surface area contributed by atoms with Gasteiger partial charge in [0.15, 0.2) is 0 Å². The maximum atomic E-state index is 13.5. The lowest BCUT2D eigenvalue weighted by Gasteiger charge is -2.28. The fourth-order valence-electron chi connectivity index (χ4n) is 3.25. The van der Waals surface area contributed by atoms with Crippen molar-refractivity contribution in [2.24, 2.45) is 0 Å². The van der Waals surface area contributed by atoms with Crippen LogP contribution >= 0.6 is 0 Å². The molecule has 2 aliphatic heterocycles. The van der Waals surface area contributed by atoms with Gasteiger partial charge < -0.3 is 10.1 Å². The lowest BCUT2D eigenvalue weighted by atomic mass is 9.97. The van der Waals surface area contributed by atoms with E-state index in [9.17, 15) is 31.1 Å². The van der Waals surface area contributed by atoms with Gasteiger partial charge in [0.1, 0.15) is 5.82 Å². The van der Waals surface area contributed by atoms with E-state index in [1.807, 2.05) is 5.32 Å². The molecule has 1 atom stereocenters. The SMILES string of the molecule is O=C1Nc2nccc(-c3cc(C(F)(F)F)cc(C4=CCNC4)n3)c2[C@H](C(F)(F)F)O1. The van der Waals surface area contributed by atoms with Gasteiger partial charge in [-0.2, -0.15) is 26.3 Å². The normalized spacial score (nSPS) is 19.1. The molecule has 12 heteroatoms. The summed E-state index contributed by atoms with van der Waals surface area (Å²) in [6.45, 7) is 0.704. The minimum absolute atomic E-state index is 0.0142. The number of amides is 1. The predicted octanol–water partition coefficient (Wildman–Crippen LogP) is 4.31. The van der Waals surface area contributed by atoms with Gasteiger partial charge in [0.05, 0.1) is 22.5 Å². The Balaban J connectivity index is 1.94.